The molecule has 47 heavy (non-hydrogen) atoms. The quantitative estimate of drug-likeness (QED) is 0.189. The Bertz CT molecular complexity index is 2670. The Morgan fingerprint density at radius 3 is 1.74 bits per heavy atom. The zero-order valence-corrected chi connectivity index (χ0v) is 25.3. The molecule has 0 aliphatic rings. The minimum atomic E-state index is 0.648. The molecule has 0 saturated carbocycles. The maximum atomic E-state index is 9.82. The van der Waals surface area contributed by atoms with Crippen molar-refractivity contribution in [2.45, 2.75) is 0 Å². The van der Waals surface area contributed by atoms with Gasteiger partial charge in [0.15, 0.2) is 0 Å². The van der Waals surface area contributed by atoms with Crippen molar-refractivity contribution in [1.82, 2.24) is 14.5 Å². The van der Waals surface area contributed by atoms with Gasteiger partial charge in [-0.3, -0.25) is 9.97 Å². The van der Waals surface area contributed by atoms with Crippen molar-refractivity contribution in [2.75, 3.05) is 0 Å². The van der Waals surface area contributed by atoms with Crippen LogP contribution in [0.1, 0.15) is 5.56 Å². The number of para-hydroxylation sites is 1. The van der Waals surface area contributed by atoms with E-state index in [4.69, 9.17) is 0 Å². The lowest BCUT2D eigenvalue weighted by molar-refractivity contribution is 1.18. The maximum Gasteiger partial charge on any atom is 0.0991 e. The Morgan fingerprint density at radius 1 is 0.447 bits per heavy atom. The molecule has 0 unspecified atom stereocenters. The standard InChI is InChI=1S/C43H26N4/c44-25-28-14-18-40-37(22-28)38-24-30(16-19-41(38)47(40)33-10-2-1-3-11-33)42-34-12-4-5-13-35(34)43(32-9-7-21-46-27-32)39-23-29(15-17-36(39)42)31-8-6-20-45-26-31/h1-24,26-27H. The van der Waals surface area contributed by atoms with Crippen LogP contribution in [-0.2, 0) is 0 Å². The molecule has 0 amide bonds. The first-order valence-electron chi connectivity index (χ1n) is 15.6. The summed E-state index contributed by atoms with van der Waals surface area (Å²) in [5.41, 5.74) is 10.6. The Kier molecular flexibility index (Phi) is 6.16. The van der Waals surface area contributed by atoms with E-state index in [0.717, 1.165) is 55.1 Å². The summed E-state index contributed by atoms with van der Waals surface area (Å²) in [6.45, 7) is 0. The molecule has 0 atom stereocenters. The molecule has 3 heterocycles. The molecule has 3 aromatic heterocycles. The van der Waals surface area contributed by atoms with Crippen LogP contribution in [0.25, 0.3) is 82.4 Å². The number of fused-ring (bicyclic) bond motifs is 5. The first kappa shape index (κ1) is 26.8. The zero-order chi connectivity index (χ0) is 31.3. The highest BCUT2D eigenvalue weighted by Crippen LogP contribution is 2.46. The number of aromatic nitrogens is 3. The van der Waals surface area contributed by atoms with Gasteiger partial charge in [-0.25, -0.2) is 0 Å². The van der Waals surface area contributed by atoms with E-state index in [2.05, 4.69) is 124 Å². The number of nitriles is 1. The topological polar surface area (TPSA) is 54.5 Å². The van der Waals surface area contributed by atoms with E-state index in [-0.39, 0.29) is 0 Å². The van der Waals surface area contributed by atoms with Crippen LogP contribution in [0.4, 0.5) is 0 Å². The van der Waals surface area contributed by atoms with Gasteiger partial charge < -0.3 is 4.57 Å². The molecule has 9 rings (SSSR count). The van der Waals surface area contributed by atoms with Crippen LogP contribution >= 0.6 is 0 Å². The summed E-state index contributed by atoms with van der Waals surface area (Å²) in [6, 6.07) is 49.2. The highest BCUT2D eigenvalue weighted by atomic mass is 15.0. The molecule has 9 aromatic rings. The van der Waals surface area contributed by atoms with Gasteiger partial charge in [-0.15, -0.1) is 0 Å². The van der Waals surface area contributed by atoms with Gasteiger partial charge in [0.2, 0.25) is 0 Å². The summed E-state index contributed by atoms with van der Waals surface area (Å²) in [6.07, 6.45) is 7.50. The molecule has 4 nitrogen and oxygen atoms in total. The maximum absolute atomic E-state index is 9.82. The van der Waals surface area contributed by atoms with Crippen LogP contribution in [0.15, 0.2) is 158 Å². The molecule has 0 N–H and O–H groups in total. The van der Waals surface area contributed by atoms with Gasteiger partial charge in [-0.1, -0.05) is 72.8 Å². The average Bonchev–Trinajstić information content (AvgIpc) is 3.47. The molecular weight excluding hydrogens is 573 g/mol. The molecule has 6 aromatic carbocycles. The Labute approximate surface area is 271 Å². The average molecular weight is 599 g/mol. The summed E-state index contributed by atoms with van der Waals surface area (Å²) in [5, 5.41) is 16.7. The zero-order valence-electron chi connectivity index (χ0n) is 25.3. The van der Waals surface area contributed by atoms with Crippen LogP contribution in [0.2, 0.25) is 0 Å². The smallest absolute Gasteiger partial charge is 0.0991 e. The fraction of sp³-hybridized carbons (Fsp3) is 0. The molecule has 0 saturated heterocycles. The summed E-state index contributed by atoms with van der Waals surface area (Å²) >= 11 is 0. The summed E-state index contributed by atoms with van der Waals surface area (Å²) in [7, 11) is 0. The minimum Gasteiger partial charge on any atom is -0.309 e. The van der Waals surface area contributed by atoms with Gasteiger partial charge in [0.05, 0.1) is 22.7 Å². The highest BCUT2D eigenvalue weighted by Gasteiger charge is 2.20. The summed E-state index contributed by atoms with van der Waals surface area (Å²) in [5.74, 6) is 0. The van der Waals surface area contributed by atoms with Crippen molar-refractivity contribution < 1.29 is 0 Å². The minimum absolute atomic E-state index is 0.648. The lowest BCUT2D eigenvalue weighted by atomic mass is 9.85. The van der Waals surface area contributed by atoms with Crippen molar-refractivity contribution in [2.24, 2.45) is 0 Å². The summed E-state index contributed by atoms with van der Waals surface area (Å²) in [4.78, 5) is 8.90. The third-order valence-electron chi connectivity index (χ3n) is 9.17. The van der Waals surface area contributed by atoms with E-state index in [9.17, 15) is 5.26 Å². The van der Waals surface area contributed by atoms with Crippen LogP contribution in [-0.4, -0.2) is 14.5 Å². The third-order valence-corrected chi connectivity index (χ3v) is 9.17. The van der Waals surface area contributed by atoms with Crippen molar-refractivity contribution in [3.63, 3.8) is 0 Å². The van der Waals surface area contributed by atoms with E-state index in [0.29, 0.717) is 5.56 Å². The van der Waals surface area contributed by atoms with Crippen molar-refractivity contribution in [3.8, 4) is 45.1 Å². The molecule has 0 aliphatic carbocycles. The predicted molar refractivity (Wildman–Crippen MR) is 192 cm³/mol. The van der Waals surface area contributed by atoms with Gasteiger partial charge in [-0.05, 0) is 104 Å². The van der Waals surface area contributed by atoms with E-state index >= 15 is 0 Å². The highest BCUT2D eigenvalue weighted by molar-refractivity contribution is 6.23. The predicted octanol–water partition coefficient (Wildman–Crippen LogP) is 10.8. The number of hydrogen-bond donors (Lipinski definition) is 0. The van der Waals surface area contributed by atoms with Crippen LogP contribution < -0.4 is 0 Å². The van der Waals surface area contributed by atoms with Gasteiger partial charge in [0.25, 0.3) is 0 Å². The number of benzene rings is 6. The number of pyridine rings is 2. The monoisotopic (exact) mass is 598 g/mol. The van der Waals surface area contributed by atoms with Crippen molar-refractivity contribution in [1.29, 1.82) is 5.26 Å². The summed E-state index contributed by atoms with van der Waals surface area (Å²) < 4.78 is 2.29. The molecule has 0 radical (unpaired) electrons. The van der Waals surface area contributed by atoms with Crippen LogP contribution in [0.5, 0.6) is 0 Å². The normalized spacial score (nSPS) is 11.4. The van der Waals surface area contributed by atoms with Crippen molar-refractivity contribution >= 4 is 43.4 Å². The molecular formula is C43H26N4. The van der Waals surface area contributed by atoms with E-state index in [1.807, 2.05) is 55.1 Å². The third kappa shape index (κ3) is 4.29. The lowest BCUT2D eigenvalue weighted by Crippen LogP contribution is -1.94. The number of nitrogens with zero attached hydrogens (tertiary/aromatic N) is 4. The Morgan fingerprint density at radius 2 is 1.04 bits per heavy atom. The Hall–Kier alpha value is -6.57. The lowest BCUT2D eigenvalue weighted by Gasteiger charge is -2.18. The van der Waals surface area contributed by atoms with Gasteiger partial charge in [0.1, 0.15) is 0 Å². The second kappa shape index (κ2) is 10.8. The molecule has 0 aliphatic heterocycles. The van der Waals surface area contributed by atoms with Gasteiger partial charge in [-0.2, -0.15) is 5.26 Å². The second-order valence-electron chi connectivity index (χ2n) is 11.8. The van der Waals surface area contributed by atoms with Gasteiger partial charge >= 0.3 is 0 Å². The van der Waals surface area contributed by atoms with Crippen LogP contribution in [0.3, 0.4) is 0 Å². The van der Waals surface area contributed by atoms with Crippen LogP contribution in [0, 0.1) is 11.3 Å². The van der Waals surface area contributed by atoms with E-state index in [1.54, 1.807) is 0 Å². The molecule has 0 fully saturated rings. The number of hydrogen-bond acceptors (Lipinski definition) is 3. The Balaban J connectivity index is 1.40. The fourth-order valence-electron chi connectivity index (χ4n) is 7.13. The molecule has 0 spiro atoms. The molecule has 218 valence electrons. The first-order chi connectivity index (χ1) is 23.3. The fourth-order valence-corrected chi connectivity index (χ4v) is 7.13. The first-order valence-corrected chi connectivity index (χ1v) is 15.6. The van der Waals surface area contributed by atoms with E-state index in [1.165, 1.54) is 27.3 Å². The van der Waals surface area contributed by atoms with E-state index < -0.39 is 0 Å². The molecule has 0 bridgehead atoms. The second-order valence-corrected chi connectivity index (χ2v) is 11.8. The number of rotatable bonds is 4. The molecule has 4 heteroatoms. The largest absolute Gasteiger partial charge is 0.309 e. The SMILES string of the molecule is N#Cc1ccc2c(c1)c1cc(-c3c4ccccc4c(-c4cccnc4)c4cc(-c5cccnc5)ccc34)ccc1n2-c1ccccc1. The van der Waals surface area contributed by atoms with Gasteiger partial charge in [0, 0.05) is 52.4 Å². The van der Waals surface area contributed by atoms with Crippen molar-refractivity contribution in [3.05, 3.63) is 164 Å².